The first-order valence-electron chi connectivity index (χ1n) is 6.07. The van der Waals surface area contributed by atoms with Crippen LogP contribution in [0.3, 0.4) is 0 Å². The van der Waals surface area contributed by atoms with Gasteiger partial charge in [-0.2, -0.15) is 0 Å². The number of rotatable bonds is 2. The van der Waals surface area contributed by atoms with Crippen LogP contribution in [-0.2, 0) is 9.47 Å². The van der Waals surface area contributed by atoms with Gasteiger partial charge in [0.1, 0.15) is 6.10 Å². The van der Waals surface area contributed by atoms with E-state index in [0.29, 0.717) is 25.4 Å². The Bertz CT molecular complexity index is 582. The molecule has 1 unspecified atom stereocenters. The van der Waals surface area contributed by atoms with Gasteiger partial charge in [-0.1, -0.05) is 11.6 Å². The third-order valence-electron chi connectivity index (χ3n) is 3.21. The molecule has 2 aromatic rings. The number of carbonyl (C=O) groups is 1. The molecule has 1 aliphatic heterocycles. The second-order valence-electron chi connectivity index (χ2n) is 4.55. The van der Waals surface area contributed by atoms with Crippen LogP contribution >= 0.6 is 0 Å². The number of hydrogen-bond donors (Lipinski definition) is 1. The monoisotopic (exact) mass is 245 g/mol. The van der Waals surface area contributed by atoms with Gasteiger partial charge in [0.2, 0.25) is 0 Å². The number of benzene rings is 1. The summed E-state index contributed by atoms with van der Waals surface area (Å²) in [5, 5.41) is 0.953. The minimum Gasteiger partial charge on any atom is -0.376 e. The van der Waals surface area contributed by atoms with Gasteiger partial charge in [0.15, 0.2) is 5.78 Å². The molecule has 0 spiro atoms. The highest BCUT2D eigenvalue weighted by molar-refractivity contribution is 6.10. The molecule has 0 saturated carbocycles. The van der Waals surface area contributed by atoms with Crippen molar-refractivity contribution in [3.05, 3.63) is 35.5 Å². The molecule has 0 radical (unpaired) electrons. The Morgan fingerprint density at radius 2 is 2.28 bits per heavy atom. The maximum Gasteiger partial charge on any atom is 0.196 e. The number of H-pyrrole nitrogens is 1. The molecular formula is C14H15NO3. The summed E-state index contributed by atoms with van der Waals surface area (Å²) >= 11 is 0. The fourth-order valence-corrected chi connectivity index (χ4v) is 2.25. The van der Waals surface area contributed by atoms with E-state index >= 15 is 0 Å². The van der Waals surface area contributed by atoms with Crippen molar-refractivity contribution < 1.29 is 14.3 Å². The standard InChI is InChI=1S/C14H15NO3/c1-9-2-3-12-10(6-9)11(7-15-12)14(16)13-8-17-4-5-18-13/h2-3,6-7,13,15H,4-5,8H2,1H3. The number of aryl methyl sites for hydroxylation is 1. The number of carbonyl (C=O) groups excluding carboxylic acids is 1. The number of fused-ring (bicyclic) bond motifs is 1. The molecule has 3 rings (SSSR count). The second-order valence-corrected chi connectivity index (χ2v) is 4.55. The molecular weight excluding hydrogens is 230 g/mol. The summed E-state index contributed by atoms with van der Waals surface area (Å²) in [6.45, 7) is 3.41. The van der Waals surface area contributed by atoms with Crippen molar-refractivity contribution in [1.82, 2.24) is 4.98 Å². The first-order chi connectivity index (χ1) is 8.75. The number of ketones is 1. The summed E-state index contributed by atoms with van der Waals surface area (Å²) in [5.74, 6) is -0.00782. The van der Waals surface area contributed by atoms with Crippen LogP contribution in [-0.4, -0.2) is 36.7 Å². The molecule has 94 valence electrons. The first kappa shape index (κ1) is 11.4. The van der Waals surface area contributed by atoms with E-state index in [1.807, 2.05) is 25.1 Å². The molecule has 1 aromatic heterocycles. The summed E-state index contributed by atoms with van der Waals surface area (Å²) in [7, 11) is 0. The lowest BCUT2D eigenvalue weighted by atomic mass is 10.0. The molecule has 1 aliphatic rings. The van der Waals surface area contributed by atoms with Crippen LogP contribution in [0.15, 0.2) is 24.4 Å². The first-order valence-corrected chi connectivity index (χ1v) is 6.07. The van der Waals surface area contributed by atoms with Crippen molar-refractivity contribution in [1.29, 1.82) is 0 Å². The topological polar surface area (TPSA) is 51.3 Å². The van der Waals surface area contributed by atoms with Crippen molar-refractivity contribution in [3.63, 3.8) is 0 Å². The predicted molar refractivity (Wildman–Crippen MR) is 67.9 cm³/mol. The predicted octanol–water partition coefficient (Wildman–Crippen LogP) is 2.07. The molecule has 4 nitrogen and oxygen atoms in total. The number of hydrogen-bond acceptors (Lipinski definition) is 3. The van der Waals surface area contributed by atoms with Crippen molar-refractivity contribution in [2.45, 2.75) is 13.0 Å². The van der Waals surface area contributed by atoms with Gasteiger partial charge < -0.3 is 14.5 Å². The summed E-state index contributed by atoms with van der Waals surface area (Å²) in [6.07, 6.45) is 1.28. The van der Waals surface area contributed by atoms with E-state index < -0.39 is 6.10 Å². The van der Waals surface area contributed by atoms with E-state index in [2.05, 4.69) is 4.98 Å². The summed E-state index contributed by atoms with van der Waals surface area (Å²) in [4.78, 5) is 15.5. The Labute approximate surface area is 105 Å². The molecule has 18 heavy (non-hydrogen) atoms. The average Bonchev–Trinajstić information content (AvgIpc) is 2.82. The van der Waals surface area contributed by atoms with Crippen LogP contribution in [0.25, 0.3) is 10.9 Å². The molecule has 4 heteroatoms. The number of aromatic amines is 1. The smallest absolute Gasteiger partial charge is 0.196 e. The normalized spacial score (nSPS) is 20.2. The van der Waals surface area contributed by atoms with Gasteiger partial charge in [0, 0.05) is 22.7 Å². The minimum atomic E-state index is -0.474. The molecule has 1 aromatic carbocycles. The third-order valence-corrected chi connectivity index (χ3v) is 3.21. The van der Waals surface area contributed by atoms with Crippen LogP contribution in [0.4, 0.5) is 0 Å². The zero-order chi connectivity index (χ0) is 12.5. The number of ether oxygens (including phenoxy) is 2. The number of Topliss-reactive ketones (excluding diaryl/α,β-unsaturated/α-hetero) is 1. The molecule has 0 aliphatic carbocycles. The Hall–Kier alpha value is -1.65. The van der Waals surface area contributed by atoms with Crippen LogP contribution < -0.4 is 0 Å². The van der Waals surface area contributed by atoms with Crippen molar-refractivity contribution in [3.8, 4) is 0 Å². The average molecular weight is 245 g/mol. The second kappa shape index (κ2) is 4.55. The van der Waals surface area contributed by atoms with Gasteiger partial charge in [-0.05, 0) is 19.1 Å². The van der Waals surface area contributed by atoms with Crippen LogP contribution in [0.1, 0.15) is 15.9 Å². The number of aromatic nitrogens is 1. The zero-order valence-corrected chi connectivity index (χ0v) is 10.2. The van der Waals surface area contributed by atoms with E-state index in [-0.39, 0.29) is 5.78 Å². The lowest BCUT2D eigenvalue weighted by Crippen LogP contribution is -2.35. The Morgan fingerprint density at radius 1 is 1.39 bits per heavy atom. The van der Waals surface area contributed by atoms with E-state index in [9.17, 15) is 4.79 Å². The maximum atomic E-state index is 12.4. The van der Waals surface area contributed by atoms with Crippen LogP contribution in [0.2, 0.25) is 0 Å². The highest BCUT2D eigenvalue weighted by atomic mass is 16.6. The fraction of sp³-hybridized carbons (Fsp3) is 0.357. The Balaban J connectivity index is 1.98. The summed E-state index contributed by atoms with van der Waals surface area (Å²) in [6, 6.07) is 6.02. The van der Waals surface area contributed by atoms with E-state index in [4.69, 9.17) is 9.47 Å². The van der Waals surface area contributed by atoms with Gasteiger partial charge >= 0.3 is 0 Å². The van der Waals surface area contributed by atoms with Gasteiger partial charge in [-0.15, -0.1) is 0 Å². The van der Waals surface area contributed by atoms with Gasteiger partial charge in [0.05, 0.1) is 19.8 Å². The minimum absolute atomic E-state index is 0.00782. The van der Waals surface area contributed by atoms with Crippen molar-refractivity contribution >= 4 is 16.7 Å². The molecule has 0 bridgehead atoms. The van der Waals surface area contributed by atoms with Gasteiger partial charge in [0.25, 0.3) is 0 Å². The molecule has 1 N–H and O–H groups in total. The van der Waals surface area contributed by atoms with Crippen LogP contribution in [0, 0.1) is 6.92 Å². The molecule has 1 fully saturated rings. The van der Waals surface area contributed by atoms with Crippen molar-refractivity contribution in [2.75, 3.05) is 19.8 Å². The molecule has 2 heterocycles. The lowest BCUT2D eigenvalue weighted by molar-refractivity contribution is -0.0718. The summed E-state index contributed by atoms with van der Waals surface area (Å²) in [5.41, 5.74) is 2.79. The highest BCUT2D eigenvalue weighted by Gasteiger charge is 2.25. The lowest BCUT2D eigenvalue weighted by Gasteiger charge is -2.21. The Kier molecular flexibility index (Phi) is 2.89. The van der Waals surface area contributed by atoms with E-state index in [0.717, 1.165) is 16.5 Å². The SMILES string of the molecule is Cc1ccc2[nH]cc(C(=O)C3COCCO3)c2c1. The summed E-state index contributed by atoms with van der Waals surface area (Å²) < 4.78 is 10.7. The number of nitrogens with one attached hydrogen (secondary N) is 1. The quantitative estimate of drug-likeness (QED) is 0.824. The zero-order valence-electron chi connectivity index (χ0n) is 10.2. The fourth-order valence-electron chi connectivity index (χ4n) is 2.25. The highest BCUT2D eigenvalue weighted by Crippen LogP contribution is 2.22. The largest absolute Gasteiger partial charge is 0.376 e. The molecule has 0 amide bonds. The molecule has 1 saturated heterocycles. The Morgan fingerprint density at radius 3 is 3.06 bits per heavy atom. The van der Waals surface area contributed by atoms with Crippen molar-refractivity contribution in [2.24, 2.45) is 0 Å². The van der Waals surface area contributed by atoms with E-state index in [1.165, 1.54) is 0 Å². The van der Waals surface area contributed by atoms with Crippen LogP contribution in [0.5, 0.6) is 0 Å². The maximum absolute atomic E-state index is 12.4. The molecule has 1 atom stereocenters. The van der Waals surface area contributed by atoms with E-state index in [1.54, 1.807) is 6.20 Å². The van der Waals surface area contributed by atoms with Gasteiger partial charge in [-0.3, -0.25) is 4.79 Å². The van der Waals surface area contributed by atoms with Gasteiger partial charge in [-0.25, -0.2) is 0 Å². The third kappa shape index (κ3) is 1.94.